The second kappa shape index (κ2) is 6.96. The first-order chi connectivity index (χ1) is 10.1. The molecule has 1 atom stereocenters. The Morgan fingerprint density at radius 1 is 1.10 bits per heavy atom. The van der Waals surface area contributed by atoms with Crippen LogP contribution in [0.5, 0.6) is 0 Å². The second-order valence-corrected chi connectivity index (χ2v) is 5.26. The summed E-state index contributed by atoms with van der Waals surface area (Å²) in [4.78, 5) is 17.0. The van der Waals surface area contributed by atoms with E-state index in [1.165, 1.54) is 11.0 Å². The van der Waals surface area contributed by atoms with Gasteiger partial charge in [0, 0.05) is 13.1 Å². The number of anilines is 2. The number of hydrogen-bond acceptors (Lipinski definition) is 7. The number of nitrogens with one attached hydrogen (secondary N) is 2. The van der Waals surface area contributed by atoms with Crippen LogP contribution in [0.25, 0.3) is 5.95 Å². The third kappa shape index (κ3) is 4.11. The zero-order valence-electron chi connectivity index (χ0n) is 12.9. The van der Waals surface area contributed by atoms with E-state index >= 15 is 0 Å². The lowest BCUT2D eigenvalue weighted by Crippen LogP contribution is -2.19. The minimum absolute atomic E-state index is 0.443. The topological polar surface area (TPSA) is 93.4 Å². The van der Waals surface area contributed by atoms with Crippen LogP contribution in [0.4, 0.5) is 11.9 Å². The van der Waals surface area contributed by atoms with Crippen LogP contribution < -0.4 is 10.6 Å². The highest BCUT2D eigenvalue weighted by Crippen LogP contribution is 2.12. The van der Waals surface area contributed by atoms with E-state index in [1.54, 1.807) is 6.33 Å². The Labute approximate surface area is 124 Å². The predicted octanol–water partition coefficient (Wildman–Crippen LogP) is 1.59. The summed E-state index contributed by atoms with van der Waals surface area (Å²) in [6, 6.07) is 0. The summed E-state index contributed by atoms with van der Waals surface area (Å²) in [5.41, 5.74) is 0. The molecule has 8 nitrogen and oxygen atoms in total. The SMILES string of the molecule is CCNc1nc(NCC(C)C(C)C)nc(-n2cncn2)n1. The van der Waals surface area contributed by atoms with Gasteiger partial charge in [-0.05, 0) is 18.8 Å². The van der Waals surface area contributed by atoms with Crippen molar-refractivity contribution >= 4 is 11.9 Å². The molecule has 21 heavy (non-hydrogen) atoms. The fraction of sp³-hybridized carbons (Fsp3) is 0.615. The van der Waals surface area contributed by atoms with Crippen molar-refractivity contribution in [2.75, 3.05) is 23.7 Å². The van der Waals surface area contributed by atoms with Crippen molar-refractivity contribution in [1.29, 1.82) is 0 Å². The molecule has 0 radical (unpaired) electrons. The van der Waals surface area contributed by atoms with Crippen molar-refractivity contribution < 1.29 is 0 Å². The number of hydrogen-bond donors (Lipinski definition) is 2. The van der Waals surface area contributed by atoms with E-state index in [9.17, 15) is 0 Å². The van der Waals surface area contributed by atoms with Gasteiger partial charge >= 0.3 is 0 Å². The molecule has 0 fully saturated rings. The van der Waals surface area contributed by atoms with Crippen molar-refractivity contribution in [3.05, 3.63) is 12.7 Å². The van der Waals surface area contributed by atoms with Gasteiger partial charge < -0.3 is 10.6 Å². The van der Waals surface area contributed by atoms with Crippen LogP contribution >= 0.6 is 0 Å². The summed E-state index contributed by atoms with van der Waals surface area (Å²) in [6.45, 7) is 10.1. The largest absolute Gasteiger partial charge is 0.354 e. The average molecular weight is 290 g/mol. The Bertz CT molecular complexity index is 551. The van der Waals surface area contributed by atoms with Crippen molar-refractivity contribution in [3.8, 4) is 5.95 Å². The van der Waals surface area contributed by atoms with E-state index < -0.39 is 0 Å². The van der Waals surface area contributed by atoms with Crippen molar-refractivity contribution in [2.45, 2.75) is 27.7 Å². The summed E-state index contributed by atoms with van der Waals surface area (Å²) < 4.78 is 1.51. The zero-order valence-corrected chi connectivity index (χ0v) is 12.9. The smallest absolute Gasteiger partial charge is 0.258 e. The maximum atomic E-state index is 4.38. The third-order valence-electron chi connectivity index (χ3n) is 3.30. The summed E-state index contributed by atoms with van der Waals surface area (Å²) in [6.07, 6.45) is 3.01. The van der Waals surface area contributed by atoms with Gasteiger partial charge in [0.25, 0.3) is 5.95 Å². The third-order valence-corrected chi connectivity index (χ3v) is 3.30. The van der Waals surface area contributed by atoms with E-state index in [-0.39, 0.29) is 0 Å². The summed E-state index contributed by atoms with van der Waals surface area (Å²) in [5, 5.41) is 10.4. The first-order valence-electron chi connectivity index (χ1n) is 7.19. The van der Waals surface area contributed by atoms with Crippen molar-refractivity contribution in [3.63, 3.8) is 0 Å². The highest BCUT2D eigenvalue weighted by molar-refractivity contribution is 5.37. The number of rotatable bonds is 7. The normalized spacial score (nSPS) is 12.4. The molecule has 1 unspecified atom stereocenters. The molecule has 114 valence electrons. The fourth-order valence-corrected chi connectivity index (χ4v) is 1.58. The Morgan fingerprint density at radius 2 is 1.81 bits per heavy atom. The van der Waals surface area contributed by atoms with Gasteiger partial charge in [0.05, 0.1) is 0 Å². The number of aromatic nitrogens is 6. The molecule has 0 aromatic carbocycles. The minimum atomic E-state index is 0.443. The molecule has 2 rings (SSSR count). The highest BCUT2D eigenvalue weighted by atomic mass is 15.4. The summed E-state index contributed by atoms with van der Waals surface area (Å²) in [5.74, 6) is 2.64. The van der Waals surface area contributed by atoms with Gasteiger partial charge in [-0.1, -0.05) is 20.8 Å². The first-order valence-corrected chi connectivity index (χ1v) is 7.19. The molecule has 0 aliphatic carbocycles. The fourth-order valence-electron chi connectivity index (χ4n) is 1.58. The molecule has 0 amide bonds. The molecule has 0 spiro atoms. The van der Waals surface area contributed by atoms with Crippen LogP contribution in [0.3, 0.4) is 0 Å². The lowest BCUT2D eigenvalue weighted by atomic mass is 9.98. The van der Waals surface area contributed by atoms with E-state index in [4.69, 9.17) is 0 Å². The monoisotopic (exact) mass is 290 g/mol. The lowest BCUT2D eigenvalue weighted by molar-refractivity contribution is 0.439. The molecule has 2 aromatic heterocycles. The van der Waals surface area contributed by atoms with Crippen LogP contribution in [0.1, 0.15) is 27.7 Å². The molecule has 2 heterocycles. The average Bonchev–Trinajstić information content (AvgIpc) is 2.99. The molecule has 0 aliphatic heterocycles. The molecule has 0 aliphatic rings. The lowest BCUT2D eigenvalue weighted by Gasteiger charge is -2.16. The second-order valence-electron chi connectivity index (χ2n) is 5.26. The van der Waals surface area contributed by atoms with Crippen LogP contribution in [-0.4, -0.2) is 42.8 Å². The van der Waals surface area contributed by atoms with Gasteiger partial charge in [-0.3, -0.25) is 0 Å². The molecule has 0 bridgehead atoms. The van der Waals surface area contributed by atoms with Crippen LogP contribution in [-0.2, 0) is 0 Å². The van der Waals surface area contributed by atoms with Gasteiger partial charge in [-0.2, -0.15) is 24.7 Å². The first kappa shape index (κ1) is 15.1. The molecule has 2 aromatic rings. The maximum Gasteiger partial charge on any atom is 0.258 e. The van der Waals surface area contributed by atoms with Gasteiger partial charge in [0.2, 0.25) is 11.9 Å². The van der Waals surface area contributed by atoms with E-state index in [1.807, 2.05) is 6.92 Å². The Morgan fingerprint density at radius 3 is 2.38 bits per heavy atom. The maximum absolute atomic E-state index is 4.38. The van der Waals surface area contributed by atoms with E-state index in [2.05, 4.69) is 56.4 Å². The molecule has 0 saturated carbocycles. The molecular weight excluding hydrogens is 268 g/mol. The standard InChI is InChI=1S/C13H22N8/c1-5-15-11-18-12(16-6-10(4)9(2)3)20-13(19-11)21-8-14-7-17-21/h7-10H,5-6H2,1-4H3,(H2,15,16,18,19,20). The van der Waals surface area contributed by atoms with Crippen LogP contribution in [0.15, 0.2) is 12.7 Å². The molecule has 2 N–H and O–H groups in total. The highest BCUT2D eigenvalue weighted by Gasteiger charge is 2.11. The van der Waals surface area contributed by atoms with Crippen molar-refractivity contribution in [1.82, 2.24) is 29.7 Å². The molecule has 8 heteroatoms. The van der Waals surface area contributed by atoms with Crippen LogP contribution in [0.2, 0.25) is 0 Å². The number of nitrogens with zero attached hydrogens (tertiary/aromatic N) is 6. The van der Waals surface area contributed by atoms with Gasteiger partial charge in [-0.25, -0.2) is 4.98 Å². The molecular formula is C13H22N8. The zero-order chi connectivity index (χ0) is 15.2. The quantitative estimate of drug-likeness (QED) is 0.799. The Balaban J connectivity index is 2.19. The van der Waals surface area contributed by atoms with Crippen molar-refractivity contribution in [2.24, 2.45) is 11.8 Å². The Hall–Kier alpha value is -2.25. The van der Waals surface area contributed by atoms with E-state index in [0.717, 1.165) is 13.1 Å². The Kier molecular flexibility index (Phi) is 5.02. The summed E-state index contributed by atoms with van der Waals surface area (Å²) >= 11 is 0. The van der Waals surface area contributed by atoms with Gasteiger partial charge in [0.1, 0.15) is 12.7 Å². The van der Waals surface area contributed by atoms with Crippen LogP contribution in [0, 0.1) is 11.8 Å². The van der Waals surface area contributed by atoms with Gasteiger partial charge in [0.15, 0.2) is 0 Å². The minimum Gasteiger partial charge on any atom is -0.354 e. The summed E-state index contributed by atoms with van der Waals surface area (Å²) in [7, 11) is 0. The van der Waals surface area contributed by atoms with Gasteiger partial charge in [-0.15, -0.1) is 0 Å². The molecule has 0 saturated heterocycles. The predicted molar refractivity (Wildman–Crippen MR) is 81.4 cm³/mol. The van der Waals surface area contributed by atoms with E-state index in [0.29, 0.717) is 29.7 Å².